The van der Waals surface area contributed by atoms with Gasteiger partial charge in [-0.3, -0.25) is 4.98 Å². The highest BCUT2D eigenvalue weighted by molar-refractivity contribution is 6.05. The number of fused-ring (bicyclic) bond motifs is 8. The van der Waals surface area contributed by atoms with Crippen molar-refractivity contribution in [2.75, 3.05) is 11.4 Å². The van der Waals surface area contributed by atoms with Gasteiger partial charge in [-0.25, -0.2) is 0 Å². The number of benzene rings is 6. The number of rotatable bonds is 4. The van der Waals surface area contributed by atoms with Gasteiger partial charge in [0.2, 0.25) is 0 Å². The van der Waals surface area contributed by atoms with Gasteiger partial charge in [0.1, 0.15) is 0 Å². The predicted octanol–water partition coefficient (Wildman–Crippen LogP) is 11.1. The smallest absolute Gasteiger partial charge is 0.0713 e. The van der Waals surface area contributed by atoms with Gasteiger partial charge in [-0.2, -0.15) is 0 Å². The van der Waals surface area contributed by atoms with Crippen LogP contribution >= 0.6 is 0 Å². The Kier molecular flexibility index (Phi) is 6.47. The normalized spacial score (nSPS) is 14.6. The molecular weight excluding hydrogens is 607 g/mol. The Morgan fingerprint density at radius 3 is 1.88 bits per heavy atom. The van der Waals surface area contributed by atoms with Gasteiger partial charge in [0.15, 0.2) is 0 Å². The molecule has 3 heteroatoms. The molecule has 0 saturated carbocycles. The summed E-state index contributed by atoms with van der Waals surface area (Å²) in [5.74, 6) is 0. The highest BCUT2D eigenvalue weighted by atomic mass is 15.2. The zero-order valence-electron chi connectivity index (χ0n) is 27.4. The number of dihydropyridines is 1. The van der Waals surface area contributed by atoms with E-state index in [1.807, 2.05) is 18.5 Å². The van der Waals surface area contributed by atoms with E-state index in [-0.39, 0.29) is 0 Å². The second-order valence-electron chi connectivity index (χ2n) is 13.2. The van der Waals surface area contributed by atoms with Gasteiger partial charge in [-0.05, 0) is 92.7 Å². The molecule has 0 spiro atoms. The Morgan fingerprint density at radius 1 is 0.520 bits per heavy atom. The summed E-state index contributed by atoms with van der Waals surface area (Å²) in [6, 6.07) is 58.2. The van der Waals surface area contributed by atoms with Crippen LogP contribution in [0.2, 0.25) is 0 Å². The largest absolute Gasteiger partial charge is 0.387 e. The van der Waals surface area contributed by atoms with Crippen molar-refractivity contribution in [3.63, 3.8) is 0 Å². The molecule has 1 N–H and O–H groups in total. The first-order valence-corrected chi connectivity index (χ1v) is 17.3. The fraction of sp³-hybridized carbons (Fsp3) is 0.0426. The first-order chi connectivity index (χ1) is 24.8. The van der Waals surface area contributed by atoms with Gasteiger partial charge < -0.3 is 10.2 Å². The van der Waals surface area contributed by atoms with E-state index in [0.29, 0.717) is 0 Å². The van der Waals surface area contributed by atoms with E-state index in [1.54, 1.807) is 0 Å². The van der Waals surface area contributed by atoms with Crippen LogP contribution in [0.25, 0.3) is 39.0 Å². The topological polar surface area (TPSA) is 28.2 Å². The number of hydrogen-bond acceptors (Lipinski definition) is 3. The maximum Gasteiger partial charge on any atom is 0.0713 e. The molecule has 1 aliphatic carbocycles. The lowest BCUT2D eigenvalue weighted by Gasteiger charge is -2.34. The fourth-order valence-corrected chi connectivity index (χ4v) is 8.50. The van der Waals surface area contributed by atoms with Crippen molar-refractivity contribution in [2.45, 2.75) is 5.41 Å². The zero-order valence-corrected chi connectivity index (χ0v) is 27.4. The third-order valence-electron chi connectivity index (χ3n) is 10.6. The zero-order chi connectivity index (χ0) is 33.1. The van der Waals surface area contributed by atoms with E-state index in [0.717, 1.165) is 29.3 Å². The summed E-state index contributed by atoms with van der Waals surface area (Å²) in [7, 11) is 0. The third-order valence-corrected chi connectivity index (χ3v) is 10.6. The van der Waals surface area contributed by atoms with Crippen molar-refractivity contribution in [3.8, 4) is 33.4 Å². The molecule has 0 saturated heterocycles. The molecule has 3 aliphatic rings. The summed E-state index contributed by atoms with van der Waals surface area (Å²) in [4.78, 5) is 7.29. The van der Waals surface area contributed by atoms with Crippen LogP contribution in [0.4, 0.5) is 17.1 Å². The molecular formula is C47H33N3. The van der Waals surface area contributed by atoms with Crippen LogP contribution < -0.4 is 10.2 Å². The Bertz CT molecular complexity index is 2450. The van der Waals surface area contributed by atoms with Crippen molar-refractivity contribution in [1.29, 1.82) is 0 Å². The quantitative estimate of drug-likeness (QED) is 0.208. The molecule has 0 atom stereocenters. The predicted molar refractivity (Wildman–Crippen MR) is 206 cm³/mol. The van der Waals surface area contributed by atoms with Crippen molar-refractivity contribution >= 4 is 22.6 Å². The first kappa shape index (κ1) is 28.6. The third kappa shape index (κ3) is 4.13. The van der Waals surface area contributed by atoms with E-state index < -0.39 is 5.41 Å². The van der Waals surface area contributed by atoms with Gasteiger partial charge in [-0.15, -0.1) is 0 Å². The molecule has 1 aromatic heterocycles. The van der Waals surface area contributed by atoms with Crippen molar-refractivity contribution < 1.29 is 0 Å². The molecule has 10 rings (SSSR count). The van der Waals surface area contributed by atoms with Crippen LogP contribution in [-0.4, -0.2) is 11.5 Å². The SMILES string of the molecule is C1=CNCC(c2cc(N3c4ccccc4-c4ccccc4-c4cc5c(cc43)-c3ccccc3C5(c3ccccc3)c3ccccc3)ccn2)=C1. The average Bonchev–Trinajstić information content (AvgIpc) is 3.42. The summed E-state index contributed by atoms with van der Waals surface area (Å²) in [6.07, 6.45) is 8.13. The minimum Gasteiger partial charge on any atom is -0.387 e. The fourth-order valence-electron chi connectivity index (χ4n) is 8.50. The van der Waals surface area contributed by atoms with E-state index in [4.69, 9.17) is 4.98 Å². The summed E-state index contributed by atoms with van der Waals surface area (Å²) in [5.41, 5.74) is 17.6. The number of pyridine rings is 1. The van der Waals surface area contributed by atoms with Gasteiger partial charge in [0, 0.05) is 29.6 Å². The van der Waals surface area contributed by atoms with E-state index in [2.05, 4.69) is 174 Å². The molecule has 3 nitrogen and oxygen atoms in total. The van der Waals surface area contributed by atoms with Crippen molar-refractivity contribution in [3.05, 3.63) is 210 Å². The standard InChI is InChI=1S/C47H33N3/c1-3-15-33(16-4-1)47(34-17-5-2-6-18-34)42-23-11-9-21-38(42)40-30-46-41(29-43(40)47)37-20-8-7-19-36(37)39-22-10-12-24-45(39)50(46)35-25-27-49-44(28-35)32-14-13-26-48-31-32/h1-30,48H,31H2. The molecule has 3 heterocycles. The van der Waals surface area contributed by atoms with Gasteiger partial charge in [0.25, 0.3) is 0 Å². The highest BCUT2D eigenvalue weighted by Crippen LogP contribution is 2.60. The number of anilines is 3. The van der Waals surface area contributed by atoms with Crippen molar-refractivity contribution in [2.24, 2.45) is 0 Å². The minimum atomic E-state index is -0.486. The Morgan fingerprint density at radius 2 is 1.16 bits per heavy atom. The second kappa shape index (κ2) is 11.3. The molecule has 236 valence electrons. The summed E-state index contributed by atoms with van der Waals surface area (Å²) in [6.45, 7) is 0.747. The lowest BCUT2D eigenvalue weighted by molar-refractivity contribution is 0.769. The van der Waals surface area contributed by atoms with Crippen LogP contribution in [-0.2, 0) is 5.41 Å². The number of allylic oxidation sites excluding steroid dienone is 2. The van der Waals surface area contributed by atoms with Crippen LogP contribution in [0.5, 0.6) is 0 Å². The summed E-state index contributed by atoms with van der Waals surface area (Å²) < 4.78 is 0. The molecule has 0 amide bonds. The van der Waals surface area contributed by atoms with E-state index in [9.17, 15) is 0 Å². The molecule has 0 radical (unpaired) electrons. The van der Waals surface area contributed by atoms with Crippen LogP contribution in [0.3, 0.4) is 0 Å². The van der Waals surface area contributed by atoms with Crippen LogP contribution in [0.1, 0.15) is 27.9 Å². The first-order valence-electron chi connectivity index (χ1n) is 17.3. The molecule has 7 aromatic rings. The lowest BCUT2D eigenvalue weighted by atomic mass is 9.67. The van der Waals surface area contributed by atoms with Gasteiger partial charge in [-0.1, -0.05) is 133 Å². The molecule has 0 fully saturated rings. The van der Waals surface area contributed by atoms with E-state index >= 15 is 0 Å². The van der Waals surface area contributed by atoms with Crippen LogP contribution in [0.15, 0.2) is 182 Å². The van der Waals surface area contributed by atoms with Crippen LogP contribution in [0, 0.1) is 0 Å². The van der Waals surface area contributed by atoms with Crippen molar-refractivity contribution in [1.82, 2.24) is 10.3 Å². The number of nitrogens with one attached hydrogen (secondary N) is 1. The lowest BCUT2D eigenvalue weighted by Crippen LogP contribution is -2.28. The van der Waals surface area contributed by atoms with Gasteiger partial charge >= 0.3 is 0 Å². The summed E-state index contributed by atoms with van der Waals surface area (Å²) >= 11 is 0. The number of nitrogens with zero attached hydrogens (tertiary/aromatic N) is 2. The van der Waals surface area contributed by atoms with Gasteiger partial charge in [0.05, 0.1) is 22.5 Å². The molecule has 6 aromatic carbocycles. The minimum absolute atomic E-state index is 0.486. The number of hydrogen-bond donors (Lipinski definition) is 1. The number of aromatic nitrogens is 1. The molecule has 50 heavy (non-hydrogen) atoms. The maximum absolute atomic E-state index is 4.84. The maximum atomic E-state index is 4.84. The number of para-hydroxylation sites is 1. The summed E-state index contributed by atoms with van der Waals surface area (Å²) in [5, 5.41) is 3.36. The Hall–Kier alpha value is -6.45. The molecule has 0 unspecified atom stereocenters. The van der Waals surface area contributed by atoms with E-state index in [1.165, 1.54) is 61.2 Å². The Labute approximate surface area is 292 Å². The molecule has 2 aliphatic heterocycles. The second-order valence-corrected chi connectivity index (χ2v) is 13.2. The molecule has 0 bridgehead atoms. The highest BCUT2D eigenvalue weighted by Gasteiger charge is 2.47. The Balaban J connectivity index is 1.32. The average molecular weight is 640 g/mol. The monoisotopic (exact) mass is 639 g/mol.